The van der Waals surface area contributed by atoms with Crippen molar-refractivity contribution in [1.29, 1.82) is 0 Å². The zero-order valence-corrected chi connectivity index (χ0v) is 12.8. The SMILES string of the molecule is CC(C)CC(C)(C)C(=O)OC(F)(F)C(F)(F)OCCS. The van der Waals surface area contributed by atoms with Crippen molar-refractivity contribution in [3.8, 4) is 0 Å². The predicted molar refractivity (Wildman–Crippen MR) is 69.0 cm³/mol. The first-order valence-corrected chi connectivity index (χ1v) is 6.73. The molecule has 0 unspecified atom stereocenters. The maximum absolute atomic E-state index is 13.3. The van der Waals surface area contributed by atoms with Crippen molar-refractivity contribution in [2.75, 3.05) is 12.4 Å². The largest absolute Gasteiger partial charge is 0.496 e. The molecule has 0 N–H and O–H groups in total. The van der Waals surface area contributed by atoms with Gasteiger partial charge in [-0.25, -0.2) is 0 Å². The minimum Gasteiger partial charge on any atom is -0.394 e. The van der Waals surface area contributed by atoms with Gasteiger partial charge in [-0.15, -0.1) is 0 Å². The van der Waals surface area contributed by atoms with E-state index in [2.05, 4.69) is 22.1 Å². The number of alkyl halides is 4. The summed E-state index contributed by atoms with van der Waals surface area (Å²) in [4.78, 5) is 11.6. The van der Waals surface area contributed by atoms with Crippen LogP contribution in [0.2, 0.25) is 0 Å². The molecule has 0 spiro atoms. The fraction of sp³-hybridized carbons (Fsp3) is 0.917. The van der Waals surface area contributed by atoms with Crippen LogP contribution in [0, 0.1) is 11.3 Å². The maximum atomic E-state index is 13.3. The Morgan fingerprint density at radius 1 is 1.15 bits per heavy atom. The van der Waals surface area contributed by atoms with Gasteiger partial charge in [0.15, 0.2) is 0 Å². The average Bonchev–Trinajstić information content (AvgIpc) is 2.23. The molecule has 0 heterocycles. The molecule has 0 aliphatic rings. The van der Waals surface area contributed by atoms with E-state index in [9.17, 15) is 22.4 Å². The summed E-state index contributed by atoms with van der Waals surface area (Å²) in [6.07, 6.45) is -9.69. The molecule has 120 valence electrons. The quantitative estimate of drug-likeness (QED) is 0.420. The highest BCUT2D eigenvalue weighted by Crippen LogP contribution is 2.39. The molecule has 0 saturated carbocycles. The van der Waals surface area contributed by atoms with Gasteiger partial charge in [0.05, 0.1) is 12.0 Å². The number of thiol groups is 1. The first-order valence-electron chi connectivity index (χ1n) is 6.09. The third-order valence-corrected chi connectivity index (χ3v) is 2.59. The Labute approximate surface area is 121 Å². The highest BCUT2D eigenvalue weighted by atomic mass is 32.1. The Morgan fingerprint density at radius 3 is 2.05 bits per heavy atom. The summed E-state index contributed by atoms with van der Waals surface area (Å²) in [7, 11) is 0. The van der Waals surface area contributed by atoms with E-state index in [-0.39, 0.29) is 18.1 Å². The lowest BCUT2D eigenvalue weighted by atomic mass is 9.84. The summed E-state index contributed by atoms with van der Waals surface area (Å²) in [6.45, 7) is 5.57. The van der Waals surface area contributed by atoms with Crippen LogP contribution in [-0.4, -0.2) is 30.5 Å². The summed E-state index contributed by atoms with van der Waals surface area (Å²) in [5.41, 5.74) is -1.29. The highest BCUT2D eigenvalue weighted by molar-refractivity contribution is 7.80. The lowest BCUT2D eigenvalue weighted by Gasteiger charge is -2.30. The molecule has 3 nitrogen and oxygen atoms in total. The molecule has 0 saturated heterocycles. The van der Waals surface area contributed by atoms with E-state index in [1.165, 1.54) is 13.8 Å². The molecule has 0 radical (unpaired) electrons. The molecule has 0 atom stereocenters. The van der Waals surface area contributed by atoms with Gasteiger partial charge >= 0.3 is 18.2 Å². The predicted octanol–water partition coefficient (Wildman–Crippen LogP) is 3.73. The van der Waals surface area contributed by atoms with Gasteiger partial charge in [-0.05, 0) is 26.2 Å². The van der Waals surface area contributed by atoms with Crippen molar-refractivity contribution in [1.82, 2.24) is 0 Å². The third kappa shape index (κ3) is 5.47. The second kappa shape index (κ2) is 6.98. The molecule has 0 bridgehead atoms. The van der Waals surface area contributed by atoms with Crippen LogP contribution in [0.25, 0.3) is 0 Å². The zero-order valence-electron chi connectivity index (χ0n) is 11.9. The van der Waals surface area contributed by atoms with Crippen molar-refractivity contribution in [3.63, 3.8) is 0 Å². The lowest BCUT2D eigenvalue weighted by molar-refractivity contribution is -0.418. The number of ether oxygens (including phenoxy) is 2. The molecule has 0 aromatic carbocycles. The van der Waals surface area contributed by atoms with Gasteiger partial charge in [-0.3, -0.25) is 4.79 Å². The van der Waals surface area contributed by atoms with Gasteiger partial charge < -0.3 is 9.47 Å². The normalized spacial score (nSPS) is 13.7. The number of hydrogen-bond acceptors (Lipinski definition) is 4. The summed E-state index contributed by atoms with van der Waals surface area (Å²) in [5, 5.41) is 0. The fourth-order valence-electron chi connectivity index (χ4n) is 1.68. The zero-order chi connectivity index (χ0) is 16.2. The summed E-state index contributed by atoms with van der Waals surface area (Å²) >= 11 is 3.57. The van der Waals surface area contributed by atoms with Gasteiger partial charge in [0, 0.05) is 5.75 Å². The minimum absolute atomic E-state index is 0.0205. The minimum atomic E-state index is -5.03. The van der Waals surface area contributed by atoms with Gasteiger partial charge in [-0.2, -0.15) is 30.2 Å². The molecule has 0 fully saturated rings. The van der Waals surface area contributed by atoms with Crippen molar-refractivity contribution >= 4 is 18.6 Å². The van der Waals surface area contributed by atoms with Crippen LogP contribution in [0.5, 0.6) is 0 Å². The molecule has 0 aromatic heterocycles. The van der Waals surface area contributed by atoms with Crippen molar-refractivity contribution in [3.05, 3.63) is 0 Å². The monoisotopic (exact) mass is 320 g/mol. The molecular formula is C12H20F4O3S. The maximum Gasteiger partial charge on any atom is 0.496 e. The topological polar surface area (TPSA) is 35.5 Å². The van der Waals surface area contributed by atoms with Crippen LogP contribution >= 0.6 is 12.6 Å². The molecule has 0 aliphatic carbocycles. The Bertz CT molecular complexity index is 333. The summed E-state index contributed by atoms with van der Waals surface area (Å²) in [6, 6.07) is 0. The first kappa shape index (κ1) is 19.5. The second-order valence-electron chi connectivity index (χ2n) is 5.48. The van der Waals surface area contributed by atoms with Crippen molar-refractivity contribution in [2.24, 2.45) is 11.3 Å². The van der Waals surface area contributed by atoms with E-state index in [1.54, 1.807) is 13.8 Å². The first-order chi connectivity index (χ1) is 8.85. The van der Waals surface area contributed by atoms with E-state index in [0.717, 1.165) is 0 Å². The number of halogens is 4. The summed E-state index contributed by atoms with van der Waals surface area (Å²) in [5.74, 6) is -1.55. The highest BCUT2D eigenvalue weighted by Gasteiger charge is 2.63. The summed E-state index contributed by atoms with van der Waals surface area (Å²) < 4.78 is 60.2. The number of carbonyl (C=O) groups excluding carboxylic acids is 1. The smallest absolute Gasteiger partial charge is 0.394 e. The van der Waals surface area contributed by atoms with Crippen molar-refractivity contribution < 1.29 is 31.8 Å². The Balaban J connectivity index is 4.86. The van der Waals surface area contributed by atoms with Gasteiger partial charge in [0.1, 0.15) is 0 Å². The average molecular weight is 320 g/mol. The molecule has 0 rings (SSSR count). The van der Waals surface area contributed by atoms with Crippen LogP contribution < -0.4 is 0 Å². The number of rotatable bonds is 8. The van der Waals surface area contributed by atoms with E-state index in [1.807, 2.05) is 0 Å². The Morgan fingerprint density at radius 2 is 1.65 bits per heavy atom. The second-order valence-corrected chi connectivity index (χ2v) is 5.92. The molecule has 20 heavy (non-hydrogen) atoms. The Kier molecular flexibility index (Phi) is 6.80. The van der Waals surface area contributed by atoms with Crippen LogP contribution in [-0.2, 0) is 14.3 Å². The number of carbonyl (C=O) groups is 1. The van der Waals surface area contributed by atoms with E-state index >= 15 is 0 Å². The van der Waals surface area contributed by atoms with E-state index in [4.69, 9.17) is 0 Å². The third-order valence-electron chi connectivity index (χ3n) is 2.41. The van der Waals surface area contributed by atoms with E-state index < -0.39 is 30.2 Å². The molecule has 0 amide bonds. The van der Waals surface area contributed by atoms with Crippen LogP contribution in [0.4, 0.5) is 17.6 Å². The standard InChI is InChI=1S/C12H20F4O3S/c1-8(2)7-10(3,4)9(17)19-12(15,16)11(13,14)18-5-6-20/h8,20H,5-7H2,1-4H3. The van der Waals surface area contributed by atoms with Crippen molar-refractivity contribution in [2.45, 2.75) is 46.3 Å². The van der Waals surface area contributed by atoms with Gasteiger partial charge in [0.2, 0.25) is 0 Å². The van der Waals surface area contributed by atoms with Gasteiger partial charge in [0.25, 0.3) is 0 Å². The molecule has 0 aliphatic heterocycles. The van der Waals surface area contributed by atoms with Crippen LogP contribution in [0.3, 0.4) is 0 Å². The van der Waals surface area contributed by atoms with Crippen LogP contribution in [0.15, 0.2) is 0 Å². The van der Waals surface area contributed by atoms with Crippen LogP contribution in [0.1, 0.15) is 34.1 Å². The number of esters is 1. The molecular weight excluding hydrogens is 300 g/mol. The lowest BCUT2D eigenvalue weighted by Crippen LogP contribution is -2.48. The molecule has 8 heteroatoms. The van der Waals surface area contributed by atoms with Gasteiger partial charge in [-0.1, -0.05) is 13.8 Å². The Hall–Kier alpha value is -0.500. The molecule has 0 aromatic rings. The number of hydrogen-bond donors (Lipinski definition) is 1. The van der Waals surface area contributed by atoms with E-state index in [0.29, 0.717) is 0 Å². The fourth-order valence-corrected chi connectivity index (χ4v) is 1.77.